The minimum Gasteiger partial charge on any atom is -1.00 e. The van der Waals surface area contributed by atoms with E-state index in [1.165, 1.54) is 23.4 Å². The second-order valence-corrected chi connectivity index (χ2v) is 5.96. The van der Waals surface area contributed by atoms with Crippen LogP contribution in [0.3, 0.4) is 0 Å². The quantitative estimate of drug-likeness (QED) is 0.440. The average molecular weight is 205 g/mol. The molecule has 0 aliphatic carbocycles. The van der Waals surface area contributed by atoms with Crippen LogP contribution in [0.25, 0.3) is 0 Å². The van der Waals surface area contributed by atoms with Crippen LogP contribution < -0.4 is 12.4 Å². The maximum Gasteiger partial charge on any atom is -1.00 e. The Labute approximate surface area is 90.6 Å². The van der Waals surface area contributed by atoms with E-state index in [-0.39, 0.29) is 12.4 Å². The molecule has 0 bridgehead atoms. The van der Waals surface area contributed by atoms with E-state index in [1.54, 1.807) is 0 Å². The van der Waals surface area contributed by atoms with E-state index in [1.807, 2.05) is 0 Å². The van der Waals surface area contributed by atoms with Crippen LogP contribution in [-0.2, 0) is 0 Å². The van der Waals surface area contributed by atoms with Crippen LogP contribution in [0.4, 0.5) is 0 Å². The van der Waals surface area contributed by atoms with Crippen molar-refractivity contribution in [2.24, 2.45) is 11.8 Å². The summed E-state index contributed by atoms with van der Waals surface area (Å²) in [6.07, 6.45) is 2.90. The molecule has 0 fully saturated rings. The van der Waals surface area contributed by atoms with Gasteiger partial charge in [-0.2, -0.15) is 0 Å². The van der Waals surface area contributed by atoms with Gasteiger partial charge in [-0.25, -0.2) is 0 Å². The summed E-state index contributed by atoms with van der Waals surface area (Å²) in [7, 11) is 0. The molecular weight excluding hydrogens is 183 g/mol. The van der Waals surface area contributed by atoms with Crippen molar-refractivity contribution in [1.29, 1.82) is 0 Å². The Morgan fingerprint density at radius 1 is 0.833 bits per heavy atom. The van der Waals surface area contributed by atoms with Crippen LogP contribution in [0.15, 0.2) is 0 Å². The molecule has 0 N–H and O–H groups in total. The molecule has 0 atom stereocenters. The van der Waals surface area contributed by atoms with Crippen molar-refractivity contribution >= 4 is 15.2 Å². The van der Waals surface area contributed by atoms with Gasteiger partial charge in [0.15, 0.2) is 0 Å². The molecule has 0 unspecified atom stereocenters. The van der Waals surface area contributed by atoms with Crippen LogP contribution in [0, 0.1) is 11.8 Å². The molecule has 2 heteroatoms. The van der Waals surface area contributed by atoms with Gasteiger partial charge in [-0.1, -0.05) is 0 Å². The van der Waals surface area contributed by atoms with Crippen molar-refractivity contribution in [3.63, 3.8) is 0 Å². The predicted octanol–water partition coefficient (Wildman–Crippen LogP) is 0.623. The van der Waals surface area contributed by atoms with E-state index >= 15 is 0 Å². The SMILES string of the molecule is CC(C)C[CH2][Al+][CH2]CC(C)C.[Cl-]. The van der Waals surface area contributed by atoms with Gasteiger partial charge in [0.05, 0.1) is 0 Å². The van der Waals surface area contributed by atoms with Crippen molar-refractivity contribution in [3.05, 3.63) is 0 Å². The minimum absolute atomic E-state index is 0. The second-order valence-electron chi connectivity index (χ2n) is 4.23. The van der Waals surface area contributed by atoms with Crippen LogP contribution >= 0.6 is 0 Å². The van der Waals surface area contributed by atoms with E-state index in [2.05, 4.69) is 27.7 Å². The molecule has 0 aliphatic rings. The first-order chi connectivity index (χ1) is 5.13. The van der Waals surface area contributed by atoms with Gasteiger partial charge in [0.2, 0.25) is 0 Å². The Balaban J connectivity index is 0. The van der Waals surface area contributed by atoms with E-state index in [0.717, 1.165) is 27.1 Å². The summed E-state index contributed by atoms with van der Waals surface area (Å²) in [5.41, 5.74) is 0. The largest absolute Gasteiger partial charge is 1.00 e. The van der Waals surface area contributed by atoms with Gasteiger partial charge in [-0.05, 0) is 0 Å². The zero-order valence-corrected chi connectivity index (χ0v) is 10.8. The Morgan fingerprint density at radius 3 is 1.42 bits per heavy atom. The number of rotatable bonds is 6. The first-order valence-electron chi connectivity index (χ1n) is 4.94. The fraction of sp³-hybridized carbons (Fsp3) is 1.00. The van der Waals surface area contributed by atoms with Gasteiger partial charge in [0.1, 0.15) is 0 Å². The Hall–Kier alpha value is 0.822. The maximum atomic E-state index is 2.32. The predicted molar refractivity (Wildman–Crippen MR) is 54.3 cm³/mol. The molecule has 0 rings (SSSR count). The van der Waals surface area contributed by atoms with Gasteiger partial charge in [0.25, 0.3) is 0 Å². The third-order valence-electron chi connectivity index (χ3n) is 1.90. The van der Waals surface area contributed by atoms with Crippen molar-refractivity contribution < 1.29 is 12.4 Å². The monoisotopic (exact) mass is 204 g/mol. The van der Waals surface area contributed by atoms with Crippen LogP contribution in [0.1, 0.15) is 40.5 Å². The summed E-state index contributed by atoms with van der Waals surface area (Å²) < 4.78 is 0. The summed E-state index contributed by atoms with van der Waals surface area (Å²) in [5, 5.41) is 3.04. The third-order valence-corrected chi connectivity index (χ3v) is 3.38. The van der Waals surface area contributed by atoms with E-state index in [9.17, 15) is 0 Å². The summed E-state index contributed by atoms with van der Waals surface area (Å²) in [4.78, 5) is 0. The van der Waals surface area contributed by atoms with E-state index in [0.29, 0.717) is 0 Å². The fourth-order valence-corrected chi connectivity index (χ4v) is 3.14. The first-order valence-corrected chi connectivity index (χ1v) is 6.58. The van der Waals surface area contributed by atoms with Crippen LogP contribution in [0.2, 0.25) is 10.6 Å². The van der Waals surface area contributed by atoms with Crippen LogP contribution in [-0.4, -0.2) is 15.2 Å². The first kappa shape index (κ1) is 15.3. The van der Waals surface area contributed by atoms with Crippen molar-refractivity contribution in [1.82, 2.24) is 0 Å². The summed E-state index contributed by atoms with van der Waals surface area (Å²) >= 11 is 0.772. The molecule has 0 nitrogen and oxygen atoms in total. The smallest absolute Gasteiger partial charge is 1.00 e. The molecule has 0 aromatic heterocycles. The molecule has 0 saturated heterocycles. The molecule has 0 amide bonds. The third kappa shape index (κ3) is 13.4. The van der Waals surface area contributed by atoms with Crippen molar-refractivity contribution in [2.75, 3.05) is 0 Å². The minimum atomic E-state index is 0. The topological polar surface area (TPSA) is 0 Å². The summed E-state index contributed by atoms with van der Waals surface area (Å²) in [6.45, 7) is 9.29. The number of halogens is 1. The van der Waals surface area contributed by atoms with Gasteiger partial charge in [0, 0.05) is 0 Å². The molecule has 0 aliphatic heterocycles. The Morgan fingerprint density at radius 2 is 1.17 bits per heavy atom. The Kier molecular flexibility index (Phi) is 12.6. The average Bonchev–Trinajstić information content (AvgIpc) is 1.85. The molecule has 0 aromatic rings. The molecule has 0 radical (unpaired) electrons. The van der Waals surface area contributed by atoms with E-state index < -0.39 is 0 Å². The van der Waals surface area contributed by atoms with Gasteiger partial charge in [-0.15, -0.1) is 0 Å². The van der Waals surface area contributed by atoms with Gasteiger partial charge in [-0.3, -0.25) is 0 Å². The second kappa shape index (κ2) is 9.91. The number of hydrogen-bond acceptors (Lipinski definition) is 0. The number of hydrogen-bond donors (Lipinski definition) is 0. The fourth-order valence-electron chi connectivity index (χ4n) is 1.05. The Bertz CT molecular complexity index is 71.9. The molecule has 72 valence electrons. The van der Waals surface area contributed by atoms with Gasteiger partial charge < -0.3 is 12.4 Å². The molecule has 0 aromatic carbocycles. The normalized spacial score (nSPS) is 9.83. The van der Waals surface area contributed by atoms with Crippen molar-refractivity contribution in [2.45, 2.75) is 51.1 Å². The molecule has 0 heterocycles. The molecule has 0 saturated carbocycles. The van der Waals surface area contributed by atoms with Crippen LogP contribution in [0.5, 0.6) is 0 Å². The molecular formula is C10H22AlCl. The molecule has 12 heavy (non-hydrogen) atoms. The molecule has 0 spiro atoms. The zero-order valence-electron chi connectivity index (χ0n) is 8.94. The van der Waals surface area contributed by atoms with Gasteiger partial charge >= 0.3 is 78.2 Å². The maximum absolute atomic E-state index is 2.32. The summed E-state index contributed by atoms with van der Waals surface area (Å²) in [6, 6.07) is 0. The summed E-state index contributed by atoms with van der Waals surface area (Å²) in [5.74, 6) is 1.84. The standard InChI is InChI=1S/2C5H11.Al.ClH/c2*1-4-5(2)3;;/h2*5H,1,4H2,2-3H3;;1H/q;;+1;/p-1. The zero-order chi connectivity index (χ0) is 8.69. The van der Waals surface area contributed by atoms with E-state index in [4.69, 9.17) is 0 Å². The van der Waals surface area contributed by atoms with Crippen molar-refractivity contribution in [3.8, 4) is 0 Å².